The summed E-state index contributed by atoms with van der Waals surface area (Å²) in [5, 5.41) is 2.34. The van der Waals surface area contributed by atoms with E-state index in [1.54, 1.807) is 25.1 Å². The smallest absolute Gasteiger partial charge is 0.417 e. The molecule has 0 saturated carbocycles. The first-order valence-corrected chi connectivity index (χ1v) is 9.99. The third-order valence-corrected chi connectivity index (χ3v) is 4.90. The molecule has 33 heavy (non-hydrogen) atoms. The van der Waals surface area contributed by atoms with E-state index in [-0.39, 0.29) is 24.1 Å². The van der Waals surface area contributed by atoms with Crippen molar-refractivity contribution in [1.82, 2.24) is 0 Å². The number of amides is 1. The van der Waals surface area contributed by atoms with Crippen LogP contribution in [0.25, 0.3) is 0 Å². The molecule has 0 heterocycles. The van der Waals surface area contributed by atoms with E-state index in [2.05, 4.69) is 5.32 Å². The lowest BCUT2D eigenvalue weighted by Gasteiger charge is -2.18. The number of carbonyl (C=O) groups excluding carboxylic acids is 1. The highest BCUT2D eigenvalue weighted by Gasteiger charge is 2.37. The van der Waals surface area contributed by atoms with Crippen LogP contribution in [0.5, 0.6) is 11.5 Å². The number of anilines is 1. The van der Waals surface area contributed by atoms with Crippen LogP contribution in [0, 0.1) is 12.7 Å². The second kappa shape index (κ2) is 10.2. The van der Waals surface area contributed by atoms with Gasteiger partial charge in [0.1, 0.15) is 17.3 Å². The summed E-state index contributed by atoms with van der Waals surface area (Å²) in [5.41, 5.74) is 4.95. The van der Waals surface area contributed by atoms with Gasteiger partial charge in [0.25, 0.3) is 5.91 Å². The number of hydrogen-bond acceptors (Lipinski definition) is 4. The maximum Gasteiger partial charge on any atom is 0.417 e. The van der Waals surface area contributed by atoms with E-state index in [1.807, 2.05) is 0 Å². The van der Waals surface area contributed by atoms with Crippen molar-refractivity contribution in [2.45, 2.75) is 19.7 Å². The van der Waals surface area contributed by atoms with E-state index in [1.165, 1.54) is 6.07 Å². The maximum atomic E-state index is 13.7. The number of alkyl halides is 3. The Bertz CT molecular complexity index is 1170. The highest BCUT2D eigenvalue weighted by molar-refractivity contribution is 6.32. The van der Waals surface area contributed by atoms with Crippen LogP contribution < -0.4 is 15.8 Å². The highest BCUT2D eigenvalue weighted by Crippen LogP contribution is 2.39. The van der Waals surface area contributed by atoms with Crippen molar-refractivity contribution < 1.29 is 31.8 Å². The van der Waals surface area contributed by atoms with Crippen LogP contribution in [-0.2, 0) is 17.5 Å². The molecule has 3 aromatic carbocycles. The molecule has 0 aliphatic rings. The van der Waals surface area contributed by atoms with E-state index in [0.29, 0.717) is 16.8 Å². The fourth-order valence-corrected chi connectivity index (χ4v) is 3.22. The van der Waals surface area contributed by atoms with Gasteiger partial charge in [0, 0.05) is 5.69 Å². The molecular weight excluding hydrogens is 464 g/mol. The van der Waals surface area contributed by atoms with Crippen molar-refractivity contribution in [3.63, 3.8) is 0 Å². The van der Waals surface area contributed by atoms with Crippen LogP contribution in [0.2, 0.25) is 5.02 Å². The van der Waals surface area contributed by atoms with Gasteiger partial charge in [-0.05, 0) is 54.4 Å². The summed E-state index contributed by atoms with van der Waals surface area (Å²) in [4.78, 5) is 13.1. The molecule has 1 amide bonds. The molecule has 3 N–H and O–H groups in total. The van der Waals surface area contributed by atoms with Gasteiger partial charge in [-0.1, -0.05) is 29.8 Å². The lowest BCUT2D eigenvalue weighted by Crippen LogP contribution is -2.20. The summed E-state index contributed by atoms with van der Waals surface area (Å²) in [6.45, 7) is 1.84. The second-order valence-corrected chi connectivity index (χ2v) is 7.38. The van der Waals surface area contributed by atoms with Crippen LogP contribution in [0.3, 0.4) is 0 Å². The zero-order valence-corrected chi connectivity index (χ0v) is 18.1. The number of aryl methyl sites for hydroxylation is 1. The van der Waals surface area contributed by atoms with Gasteiger partial charge in [-0.3, -0.25) is 4.79 Å². The van der Waals surface area contributed by atoms with Crippen molar-refractivity contribution >= 4 is 23.2 Å². The molecule has 0 aromatic heterocycles. The third kappa shape index (κ3) is 6.01. The van der Waals surface area contributed by atoms with Crippen molar-refractivity contribution in [1.29, 1.82) is 0 Å². The fourth-order valence-electron chi connectivity index (χ4n) is 3.02. The number of benzene rings is 3. The number of carbonyl (C=O) groups is 1. The van der Waals surface area contributed by atoms with Crippen molar-refractivity contribution in [2.75, 3.05) is 12.0 Å². The summed E-state index contributed by atoms with van der Waals surface area (Å²) >= 11 is 5.94. The number of nitrogens with two attached hydrogens (primary N) is 1. The molecule has 0 radical (unpaired) electrons. The first-order valence-electron chi connectivity index (χ1n) is 9.62. The first-order chi connectivity index (χ1) is 15.6. The molecular formula is C23H19ClF4N2O3. The number of rotatable bonds is 7. The van der Waals surface area contributed by atoms with Crippen LogP contribution in [0.15, 0.2) is 54.6 Å². The zero-order valence-electron chi connectivity index (χ0n) is 17.3. The van der Waals surface area contributed by atoms with Gasteiger partial charge in [-0.15, -0.1) is 0 Å². The lowest BCUT2D eigenvalue weighted by molar-refractivity contribution is -0.138. The summed E-state index contributed by atoms with van der Waals surface area (Å²) in [6.07, 6.45) is -4.84. The van der Waals surface area contributed by atoms with Gasteiger partial charge in [-0.25, -0.2) is 4.39 Å². The standard InChI is InChI=1S/C23H19ClF4N2O3/c1-13-5-6-14(11-32-12-29)9-18(13)30-22(31)21-16(23(26,27)28)3-2-4-20(21)33-19-8-7-15(25)10-17(19)24/h2-10H,11-12,29H2,1H3,(H,30,31). The molecule has 0 spiro atoms. The summed E-state index contributed by atoms with van der Waals surface area (Å²) in [7, 11) is 0. The van der Waals surface area contributed by atoms with Gasteiger partial charge in [0.15, 0.2) is 0 Å². The number of nitrogens with one attached hydrogen (secondary N) is 1. The molecule has 0 unspecified atom stereocenters. The van der Waals surface area contributed by atoms with Crippen LogP contribution in [0.1, 0.15) is 27.0 Å². The average molecular weight is 483 g/mol. The molecule has 0 aliphatic heterocycles. The van der Waals surface area contributed by atoms with E-state index >= 15 is 0 Å². The molecule has 0 aliphatic carbocycles. The zero-order chi connectivity index (χ0) is 24.2. The minimum Gasteiger partial charge on any atom is -0.455 e. The minimum atomic E-state index is -4.84. The topological polar surface area (TPSA) is 73.6 Å². The Morgan fingerprint density at radius 3 is 2.52 bits per heavy atom. The Balaban J connectivity index is 2.02. The summed E-state index contributed by atoms with van der Waals surface area (Å²) < 4.78 is 65.2. The molecule has 0 saturated heterocycles. The Morgan fingerprint density at radius 1 is 1.09 bits per heavy atom. The molecule has 0 fully saturated rings. The van der Waals surface area contributed by atoms with E-state index in [0.717, 1.165) is 30.3 Å². The van der Waals surface area contributed by atoms with Crippen molar-refractivity contribution in [3.05, 3.63) is 87.7 Å². The molecule has 0 bridgehead atoms. The Kier molecular flexibility index (Phi) is 7.57. The van der Waals surface area contributed by atoms with E-state index in [9.17, 15) is 22.4 Å². The Hall–Kier alpha value is -3.14. The predicted octanol–water partition coefficient (Wildman–Crippen LogP) is 6.28. The SMILES string of the molecule is Cc1ccc(COCN)cc1NC(=O)c1c(Oc2ccc(F)cc2Cl)cccc1C(F)(F)F. The Morgan fingerprint density at radius 2 is 1.85 bits per heavy atom. The van der Waals surface area contributed by atoms with E-state index < -0.39 is 34.8 Å². The predicted molar refractivity (Wildman–Crippen MR) is 116 cm³/mol. The maximum absolute atomic E-state index is 13.7. The summed E-state index contributed by atoms with van der Waals surface area (Å²) in [6, 6.07) is 11.2. The van der Waals surface area contributed by atoms with Gasteiger partial charge in [-0.2, -0.15) is 13.2 Å². The first kappa shape index (κ1) is 24.5. The average Bonchev–Trinajstić information content (AvgIpc) is 2.75. The lowest BCUT2D eigenvalue weighted by atomic mass is 10.0. The van der Waals surface area contributed by atoms with Crippen LogP contribution >= 0.6 is 11.6 Å². The van der Waals surface area contributed by atoms with Crippen molar-refractivity contribution in [3.8, 4) is 11.5 Å². The molecule has 174 valence electrons. The molecule has 0 atom stereocenters. The molecule has 3 aromatic rings. The van der Waals surface area contributed by atoms with Crippen molar-refractivity contribution in [2.24, 2.45) is 5.73 Å². The van der Waals surface area contributed by atoms with Gasteiger partial charge in [0.2, 0.25) is 0 Å². The van der Waals surface area contributed by atoms with Crippen LogP contribution in [-0.4, -0.2) is 12.6 Å². The molecule has 3 rings (SSSR count). The van der Waals surface area contributed by atoms with Gasteiger partial charge < -0.3 is 20.5 Å². The fraction of sp³-hybridized carbons (Fsp3) is 0.174. The van der Waals surface area contributed by atoms with E-state index in [4.69, 9.17) is 26.8 Å². The minimum absolute atomic E-state index is 0.0127. The molecule has 5 nitrogen and oxygen atoms in total. The highest BCUT2D eigenvalue weighted by atomic mass is 35.5. The number of halogens is 5. The molecule has 10 heteroatoms. The third-order valence-electron chi connectivity index (χ3n) is 4.61. The second-order valence-electron chi connectivity index (χ2n) is 6.97. The quantitative estimate of drug-likeness (QED) is 0.307. The largest absolute Gasteiger partial charge is 0.455 e. The monoisotopic (exact) mass is 482 g/mol. The number of hydrogen-bond donors (Lipinski definition) is 2. The normalized spacial score (nSPS) is 11.4. The van der Waals surface area contributed by atoms with Crippen LogP contribution in [0.4, 0.5) is 23.2 Å². The summed E-state index contributed by atoms with van der Waals surface area (Å²) in [5.74, 6) is -2.20. The van der Waals surface area contributed by atoms with Gasteiger partial charge >= 0.3 is 6.18 Å². The van der Waals surface area contributed by atoms with Gasteiger partial charge in [0.05, 0.1) is 29.5 Å². The Labute approximate surface area is 192 Å². The number of ether oxygens (including phenoxy) is 2.